The lowest BCUT2D eigenvalue weighted by atomic mass is 10.0. The smallest absolute Gasteiger partial charge is 0.252 e. The first-order valence-electron chi connectivity index (χ1n) is 9.80. The van der Waals surface area contributed by atoms with Crippen LogP contribution in [0, 0.1) is 0 Å². The van der Waals surface area contributed by atoms with Gasteiger partial charge in [0.25, 0.3) is 5.91 Å². The Morgan fingerprint density at radius 1 is 1.03 bits per heavy atom. The molecule has 0 aliphatic rings. The van der Waals surface area contributed by atoms with Gasteiger partial charge >= 0.3 is 0 Å². The van der Waals surface area contributed by atoms with E-state index in [1.165, 1.54) is 0 Å². The fourth-order valence-corrected chi connectivity index (χ4v) is 2.99. The number of unbranched alkanes of at least 4 members (excludes halogenated alkanes) is 1. The van der Waals surface area contributed by atoms with Gasteiger partial charge in [-0.2, -0.15) is 0 Å². The second-order valence-electron chi connectivity index (χ2n) is 6.64. The van der Waals surface area contributed by atoms with Crippen molar-refractivity contribution in [3.63, 3.8) is 0 Å². The molecule has 5 nitrogen and oxygen atoms in total. The zero-order valence-corrected chi connectivity index (χ0v) is 16.8. The van der Waals surface area contributed by atoms with Crippen LogP contribution in [0.5, 0.6) is 11.5 Å². The van der Waals surface area contributed by atoms with E-state index >= 15 is 0 Å². The Labute approximate surface area is 171 Å². The molecule has 5 heteroatoms. The van der Waals surface area contributed by atoms with E-state index in [1.807, 2.05) is 48.5 Å². The maximum atomic E-state index is 13.0. The molecule has 0 saturated carbocycles. The fourth-order valence-electron chi connectivity index (χ4n) is 2.99. The summed E-state index contributed by atoms with van der Waals surface area (Å²) in [5.74, 6) is 0.979. The zero-order valence-electron chi connectivity index (χ0n) is 16.8. The van der Waals surface area contributed by atoms with E-state index in [9.17, 15) is 4.79 Å². The fraction of sp³-hybridized carbons (Fsp3) is 0.250. The number of benzene rings is 2. The van der Waals surface area contributed by atoms with Gasteiger partial charge in [-0.05, 0) is 42.3 Å². The third-order valence-corrected chi connectivity index (χ3v) is 4.57. The van der Waals surface area contributed by atoms with Gasteiger partial charge in [-0.1, -0.05) is 49.7 Å². The van der Waals surface area contributed by atoms with E-state index in [4.69, 9.17) is 9.47 Å². The van der Waals surface area contributed by atoms with E-state index < -0.39 is 0 Å². The first-order chi connectivity index (χ1) is 14.2. The number of hydrogen-bond acceptors (Lipinski definition) is 4. The maximum Gasteiger partial charge on any atom is 0.252 e. The Kier molecular flexibility index (Phi) is 7.22. The third kappa shape index (κ3) is 5.35. The molecule has 0 aliphatic carbocycles. The van der Waals surface area contributed by atoms with E-state index in [0.29, 0.717) is 23.7 Å². The quantitative estimate of drug-likeness (QED) is 0.534. The van der Waals surface area contributed by atoms with Crippen LogP contribution in [0.15, 0.2) is 72.9 Å². The molecule has 1 heterocycles. The highest BCUT2D eigenvalue weighted by molar-refractivity contribution is 5.95. The van der Waals surface area contributed by atoms with Gasteiger partial charge in [-0.25, -0.2) is 0 Å². The molecular formula is C24H26N2O3. The molecule has 0 radical (unpaired) electrons. The minimum atomic E-state index is -0.351. The molecule has 150 valence electrons. The molecule has 29 heavy (non-hydrogen) atoms. The van der Waals surface area contributed by atoms with Crippen LogP contribution >= 0.6 is 0 Å². The largest absolute Gasteiger partial charge is 0.493 e. The Balaban J connectivity index is 1.82. The lowest BCUT2D eigenvalue weighted by Crippen LogP contribution is -2.29. The van der Waals surface area contributed by atoms with Gasteiger partial charge in [0.05, 0.1) is 25.5 Å². The summed E-state index contributed by atoms with van der Waals surface area (Å²) in [5.41, 5.74) is 2.24. The predicted octanol–water partition coefficient (Wildman–Crippen LogP) is 4.79. The number of methoxy groups -OCH3 is 1. The summed E-state index contributed by atoms with van der Waals surface area (Å²) in [4.78, 5) is 17.4. The summed E-state index contributed by atoms with van der Waals surface area (Å²) in [6.07, 6.45) is 3.74. The number of amides is 1. The number of rotatable bonds is 9. The number of nitrogens with one attached hydrogen (secondary N) is 1. The summed E-state index contributed by atoms with van der Waals surface area (Å²) < 4.78 is 11.2. The van der Waals surface area contributed by atoms with Crippen LogP contribution in [-0.4, -0.2) is 24.6 Å². The molecule has 1 atom stereocenters. The van der Waals surface area contributed by atoms with Gasteiger partial charge in [0.15, 0.2) is 11.5 Å². The topological polar surface area (TPSA) is 60.5 Å². The van der Waals surface area contributed by atoms with Crippen molar-refractivity contribution in [1.82, 2.24) is 10.3 Å². The number of carbonyl (C=O) groups is 1. The van der Waals surface area contributed by atoms with Gasteiger partial charge in [0.1, 0.15) is 0 Å². The Bertz CT molecular complexity index is 874. The van der Waals surface area contributed by atoms with E-state index in [2.05, 4.69) is 17.2 Å². The first kappa shape index (κ1) is 20.4. The highest BCUT2D eigenvalue weighted by Gasteiger charge is 2.20. The van der Waals surface area contributed by atoms with Crippen molar-refractivity contribution in [2.24, 2.45) is 0 Å². The van der Waals surface area contributed by atoms with Crippen molar-refractivity contribution in [1.29, 1.82) is 0 Å². The Morgan fingerprint density at radius 2 is 1.83 bits per heavy atom. The van der Waals surface area contributed by atoms with E-state index in [0.717, 1.165) is 24.1 Å². The van der Waals surface area contributed by atoms with E-state index in [-0.39, 0.29) is 11.9 Å². The van der Waals surface area contributed by atoms with Crippen LogP contribution < -0.4 is 14.8 Å². The summed E-state index contributed by atoms with van der Waals surface area (Å²) >= 11 is 0. The minimum Gasteiger partial charge on any atom is -0.493 e. The maximum absolute atomic E-state index is 13.0. The lowest BCUT2D eigenvalue weighted by molar-refractivity contribution is 0.0942. The number of pyridine rings is 1. The number of hydrogen-bond donors (Lipinski definition) is 1. The van der Waals surface area contributed by atoms with Crippen LogP contribution in [0.25, 0.3) is 0 Å². The molecule has 0 bridgehead atoms. The van der Waals surface area contributed by atoms with Crippen LogP contribution in [0.3, 0.4) is 0 Å². The van der Waals surface area contributed by atoms with Crippen LogP contribution in [0.2, 0.25) is 0 Å². The SMILES string of the molecule is CCCCOc1ccc(C(=O)NC(c2ccccc2)c2ccccn2)cc1OC. The number of ether oxygens (including phenoxy) is 2. The number of nitrogens with zero attached hydrogens (tertiary/aromatic N) is 1. The van der Waals surface area contributed by atoms with Gasteiger partial charge in [0.2, 0.25) is 0 Å². The van der Waals surface area contributed by atoms with Crippen molar-refractivity contribution in [2.45, 2.75) is 25.8 Å². The molecule has 1 unspecified atom stereocenters. The predicted molar refractivity (Wildman–Crippen MR) is 113 cm³/mol. The molecular weight excluding hydrogens is 364 g/mol. The standard InChI is InChI=1S/C24H26N2O3/c1-3-4-16-29-21-14-13-19(17-22(21)28-2)24(27)26-23(18-10-6-5-7-11-18)20-12-8-9-15-25-20/h5-15,17,23H,3-4,16H2,1-2H3,(H,26,27). The highest BCUT2D eigenvalue weighted by Crippen LogP contribution is 2.29. The second kappa shape index (κ2) is 10.3. The molecule has 2 aromatic carbocycles. The molecule has 0 fully saturated rings. The zero-order chi connectivity index (χ0) is 20.5. The van der Waals surface area contributed by atoms with Gasteiger partial charge < -0.3 is 14.8 Å². The van der Waals surface area contributed by atoms with Crippen LogP contribution in [-0.2, 0) is 0 Å². The molecule has 1 N–H and O–H groups in total. The minimum absolute atomic E-state index is 0.206. The Morgan fingerprint density at radius 3 is 2.52 bits per heavy atom. The van der Waals surface area contributed by atoms with Gasteiger partial charge in [-0.15, -0.1) is 0 Å². The Hall–Kier alpha value is -3.34. The van der Waals surface area contributed by atoms with Crippen molar-refractivity contribution >= 4 is 5.91 Å². The molecule has 3 aromatic rings. The first-order valence-corrected chi connectivity index (χ1v) is 9.80. The number of carbonyl (C=O) groups excluding carboxylic acids is 1. The highest BCUT2D eigenvalue weighted by atomic mass is 16.5. The summed E-state index contributed by atoms with van der Waals surface area (Å²) in [5, 5.41) is 3.09. The molecule has 1 amide bonds. The van der Waals surface area contributed by atoms with Gasteiger partial charge in [-0.3, -0.25) is 9.78 Å². The average Bonchev–Trinajstić information content (AvgIpc) is 2.78. The van der Waals surface area contributed by atoms with Crippen molar-refractivity contribution in [2.75, 3.05) is 13.7 Å². The molecule has 0 saturated heterocycles. The number of aromatic nitrogens is 1. The van der Waals surface area contributed by atoms with Crippen molar-refractivity contribution in [3.8, 4) is 11.5 Å². The third-order valence-electron chi connectivity index (χ3n) is 4.57. The molecule has 1 aromatic heterocycles. The molecule has 0 aliphatic heterocycles. The molecule has 3 rings (SSSR count). The summed E-state index contributed by atoms with van der Waals surface area (Å²) in [7, 11) is 1.57. The second-order valence-corrected chi connectivity index (χ2v) is 6.64. The lowest BCUT2D eigenvalue weighted by Gasteiger charge is -2.19. The van der Waals surface area contributed by atoms with Gasteiger partial charge in [0, 0.05) is 11.8 Å². The summed E-state index contributed by atoms with van der Waals surface area (Å²) in [6.45, 7) is 2.73. The average molecular weight is 390 g/mol. The normalized spacial score (nSPS) is 11.5. The molecule has 0 spiro atoms. The monoisotopic (exact) mass is 390 g/mol. The van der Waals surface area contributed by atoms with Crippen LogP contribution in [0.1, 0.15) is 47.4 Å². The van der Waals surface area contributed by atoms with Crippen LogP contribution in [0.4, 0.5) is 0 Å². The van der Waals surface area contributed by atoms with E-state index in [1.54, 1.807) is 31.5 Å². The van der Waals surface area contributed by atoms with Crippen molar-refractivity contribution in [3.05, 3.63) is 89.7 Å². The van der Waals surface area contributed by atoms with Crippen molar-refractivity contribution < 1.29 is 14.3 Å². The summed E-state index contributed by atoms with van der Waals surface area (Å²) in [6, 6.07) is 20.4.